The van der Waals surface area contributed by atoms with Gasteiger partial charge in [0.25, 0.3) is 0 Å². The van der Waals surface area contributed by atoms with Gasteiger partial charge in [-0.2, -0.15) is 0 Å². The van der Waals surface area contributed by atoms with Gasteiger partial charge in [-0.15, -0.1) is 12.4 Å². The van der Waals surface area contributed by atoms with Gasteiger partial charge in [0, 0.05) is 13.1 Å². The minimum absolute atomic E-state index is 0. The van der Waals surface area contributed by atoms with Gasteiger partial charge in [0.15, 0.2) is 0 Å². The fourth-order valence-corrected chi connectivity index (χ4v) is 0.323. The molecule has 5 heteroatoms. The summed E-state index contributed by atoms with van der Waals surface area (Å²) in [4.78, 5) is 3.85. The molecule has 4 nitrogen and oxygen atoms in total. The maximum atomic E-state index is 7.75. The molecule has 0 saturated carbocycles. The molecule has 0 radical (unpaired) electrons. The molecule has 4 N–H and O–H groups in total. The van der Waals surface area contributed by atoms with E-state index in [1.165, 1.54) is 0 Å². The topological polar surface area (TPSA) is 70.6 Å². The molecule has 0 bridgehead atoms. The molecule has 0 aromatic heterocycles. The van der Waals surface area contributed by atoms with Crippen LogP contribution >= 0.6 is 12.4 Å². The Morgan fingerprint density at radius 2 is 2.30 bits per heavy atom. The van der Waals surface area contributed by atoms with Gasteiger partial charge in [-0.3, -0.25) is 4.99 Å². The van der Waals surface area contributed by atoms with Gasteiger partial charge in [0.05, 0.1) is 19.5 Å². The highest BCUT2D eigenvalue weighted by molar-refractivity contribution is 5.85. The lowest BCUT2D eigenvalue weighted by Crippen LogP contribution is -2.04. The van der Waals surface area contributed by atoms with Gasteiger partial charge < -0.3 is 16.2 Å². The van der Waals surface area contributed by atoms with Crippen LogP contribution < -0.4 is 11.1 Å². The Morgan fingerprint density at radius 1 is 1.70 bits per heavy atom. The Balaban J connectivity index is 0. The number of halogens is 1. The second kappa shape index (κ2) is 11.5. The summed E-state index contributed by atoms with van der Waals surface area (Å²) in [7, 11) is 0. The first-order valence-corrected chi connectivity index (χ1v) is 2.94. The second-order valence-electron chi connectivity index (χ2n) is 1.50. The van der Waals surface area contributed by atoms with Crippen molar-refractivity contribution >= 4 is 18.7 Å². The van der Waals surface area contributed by atoms with Gasteiger partial charge in [-0.1, -0.05) is 0 Å². The summed E-state index contributed by atoms with van der Waals surface area (Å²) in [5, 5.41) is 10.7. The van der Waals surface area contributed by atoms with Crippen molar-refractivity contribution in [2.45, 2.75) is 0 Å². The number of hydrogen-bond donors (Lipinski definition) is 3. The first-order valence-electron chi connectivity index (χ1n) is 2.94. The third kappa shape index (κ3) is 10.6. The molecule has 0 saturated heterocycles. The van der Waals surface area contributed by atoms with Crippen LogP contribution in [0.2, 0.25) is 0 Å². The van der Waals surface area contributed by atoms with Crippen LogP contribution in [-0.4, -0.2) is 37.7 Å². The Labute approximate surface area is 66.9 Å². The minimum Gasteiger partial charge on any atom is -0.395 e. The number of nitrogens with zero attached hydrogens (tertiary/aromatic N) is 1. The number of rotatable bonds is 1. The van der Waals surface area contributed by atoms with Crippen molar-refractivity contribution in [3.05, 3.63) is 0 Å². The largest absolute Gasteiger partial charge is 0.395 e. The highest BCUT2D eigenvalue weighted by Crippen LogP contribution is 1.68. The van der Waals surface area contributed by atoms with Gasteiger partial charge in [0.2, 0.25) is 0 Å². The zero-order valence-corrected chi connectivity index (χ0v) is 6.60. The second-order valence-corrected chi connectivity index (χ2v) is 1.50. The molecule has 0 aromatic rings. The van der Waals surface area contributed by atoms with Crippen molar-refractivity contribution in [1.29, 1.82) is 0 Å². The number of aliphatic hydroxyl groups is 1. The van der Waals surface area contributed by atoms with Gasteiger partial charge >= 0.3 is 0 Å². The van der Waals surface area contributed by atoms with Crippen molar-refractivity contribution in [3.63, 3.8) is 0 Å². The summed E-state index contributed by atoms with van der Waals surface area (Å²) in [5.74, 6) is 0. The molecule has 0 amide bonds. The van der Waals surface area contributed by atoms with Crippen LogP contribution in [0.5, 0.6) is 0 Å². The quantitative estimate of drug-likeness (QED) is 0.468. The number of aliphatic imine (C=N–C) groups is 1. The average Bonchev–Trinajstić information content (AvgIpc) is 2.43. The first kappa shape index (κ1) is 12.4. The normalized spacial score (nSPS) is 12.6. The highest BCUT2D eigenvalue weighted by atomic mass is 35.5. The number of hydrogen-bond acceptors (Lipinski definition) is 4. The van der Waals surface area contributed by atoms with E-state index >= 15 is 0 Å². The minimum atomic E-state index is 0. The highest BCUT2D eigenvalue weighted by Gasteiger charge is 1.82. The average molecular weight is 168 g/mol. The molecule has 0 aromatic carbocycles. The third-order valence-corrected chi connectivity index (χ3v) is 0.697. The van der Waals surface area contributed by atoms with E-state index in [2.05, 4.69) is 10.3 Å². The molecule has 0 atom stereocenters. The molecule has 1 aliphatic rings. The summed E-state index contributed by atoms with van der Waals surface area (Å²) < 4.78 is 0. The van der Waals surface area contributed by atoms with Crippen LogP contribution in [0.25, 0.3) is 0 Å². The standard InChI is InChI=1S/C3H6N2.C2H7NO.ClH/c1-2-5-3-4-1;3-1-2-4;/h3H,1-2H2,(H,4,5);4H,1-3H2;1H. The number of nitrogens with two attached hydrogens (primary N) is 1. The Bertz CT molecular complexity index is 71.3. The van der Waals surface area contributed by atoms with Crippen molar-refractivity contribution in [2.75, 3.05) is 26.2 Å². The third-order valence-electron chi connectivity index (χ3n) is 0.697. The Hall–Kier alpha value is -0.320. The van der Waals surface area contributed by atoms with Crippen LogP contribution in [0.1, 0.15) is 0 Å². The molecule has 0 spiro atoms. The van der Waals surface area contributed by atoms with E-state index in [9.17, 15) is 0 Å². The van der Waals surface area contributed by atoms with Crippen LogP contribution in [0.15, 0.2) is 4.99 Å². The fraction of sp³-hybridized carbons (Fsp3) is 0.800. The van der Waals surface area contributed by atoms with Gasteiger partial charge in [-0.25, -0.2) is 0 Å². The lowest BCUT2D eigenvalue weighted by Gasteiger charge is -1.75. The smallest absolute Gasteiger partial charge is 0.0825 e. The van der Waals surface area contributed by atoms with Gasteiger partial charge in [0.1, 0.15) is 0 Å². The van der Waals surface area contributed by atoms with Crippen molar-refractivity contribution in [1.82, 2.24) is 5.32 Å². The van der Waals surface area contributed by atoms with Crippen LogP contribution in [-0.2, 0) is 0 Å². The number of nitrogens with one attached hydrogen (secondary N) is 1. The van der Waals surface area contributed by atoms with Crippen molar-refractivity contribution in [3.8, 4) is 0 Å². The molecular formula is C5H14ClN3O. The van der Waals surface area contributed by atoms with E-state index in [1.807, 2.05) is 0 Å². The van der Waals surface area contributed by atoms with Crippen LogP contribution in [0, 0.1) is 0 Å². The molecule has 10 heavy (non-hydrogen) atoms. The molecule has 1 rings (SSSR count). The maximum Gasteiger partial charge on any atom is 0.0825 e. The fourth-order valence-electron chi connectivity index (χ4n) is 0.323. The van der Waals surface area contributed by atoms with E-state index < -0.39 is 0 Å². The molecule has 0 aliphatic carbocycles. The van der Waals surface area contributed by atoms with Crippen molar-refractivity contribution in [2.24, 2.45) is 10.7 Å². The number of aliphatic hydroxyl groups excluding tert-OH is 1. The predicted molar refractivity (Wildman–Crippen MR) is 44.7 cm³/mol. The summed E-state index contributed by atoms with van der Waals surface area (Å²) in [5.41, 5.74) is 4.78. The molecule has 0 fully saturated rings. The Morgan fingerprint density at radius 3 is 2.40 bits per heavy atom. The molecule has 1 aliphatic heterocycles. The van der Waals surface area contributed by atoms with Crippen molar-refractivity contribution < 1.29 is 5.11 Å². The zero-order chi connectivity index (χ0) is 6.95. The predicted octanol–water partition coefficient (Wildman–Crippen LogP) is -1.02. The molecular weight excluding hydrogens is 154 g/mol. The monoisotopic (exact) mass is 167 g/mol. The molecule has 62 valence electrons. The van der Waals surface area contributed by atoms with E-state index in [-0.39, 0.29) is 19.0 Å². The Kier molecular flexibility index (Phi) is 14.2. The SMILES string of the molecule is C1=NCCN1.Cl.NCCO. The molecule has 1 heterocycles. The van der Waals surface area contributed by atoms with E-state index in [4.69, 9.17) is 10.8 Å². The van der Waals surface area contributed by atoms with Crippen LogP contribution in [0.4, 0.5) is 0 Å². The first-order chi connectivity index (χ1) is 4.41. The van der Waals surface area contributed by atoms with E-state index in [0.717, 1.165) is 13.1 Å². The summed E-state index contributed by atoms with van der Waals surface area (Å²) in [6.07, 6.45) is 1.74. The van der Waals surface area contributed by atoms with E-state index in [1.54, 1.807) is 6.34 Å². The summed E-state index contributed by atoms with van der Waals surface area (Å²) in [6, 6.07) is 0. The lowest BCUT2D eigenvalue weighted by molar-refractivity contribution is 0.306. The summed E-state index contributed by atoms with van der Waals surface area (Å²) in [6.45, 7) is 2.46. The molecule has 0 unspecified atom stereocenters. The van der Waals surface area contributed by atoms with Gasteiger partial charge in [-0.05, 0) is 0 Å². The van der Waals surface area contributed by atoms with E-state index in [0.29, 0.717) is 6.54 Å². The summed E-state index contributed by atoms with van der Waals surface area (Å²) >= 11 is 0. The van der Waals surface area contributed by atoms with Crippen LogP contribution in [0.3, 0.4) is 0 Å². The maximum absolute atomic E-state index is 7.75. The lowest BCUT2D eigenvalue weighted by atomic mass is 10.7. The zero-order valence-electron chi connectivity index (χ0n) is 5.79.